The van der Waals surface area contributed by atoms with Crippen LogP contribution in [-0.2, 0) is 29.3 Å². The molecule has 4 rings (SSSR count). The number of fused-ring (bicyclic) bond motifs is 2. The molecule has 2 aromatic rings. The molecule has 0 aliphatic heterocycles. The van der Waals surface area contributed by atoms with Crippen molar-refractivity contribution < 1.29 is 13.2 Å². The van der Waals surface area contributed by atoms with Gasteiger partial charge in [-0.2, -0.15) is 9.78 Å². The van der Waals surface area contributed by atoms with E-state index in [1.165, 1.54) is 14.9 Å². The first kappa shape index (κ1) is 17.3. The first-order chi connectivity index (χ1) is 12.3. The van der Waals surface area contributed by atoms with Gasteiger partial charge < -0.3 is 5.73 Å². The van der Waals surface area contributed by atoms with E-state index in [1.807, 2.05) is 6.07 Å². The maximum Gasteiger partial charge on any atom is 0.256 e. The number of nitrogens with zero attached hydrogens (tertiary/aromatic N) is 3. The molecule has 0 aromatic carbocycles. The van der Waals surface area contributed by atoms with E-state index in [-0.39, 0.29) is 5.91 Å². The monoisotopic (exact) mass is 376 g/mol. The van der Waals surface area contributed by atoms with Crippen LogP contribution in [0.4, 0.5) is 5.82 Å². The molecule has 2 N–H and O–H groups in total. The zero-order valence-electron chi connectivity index (χ0n) is 15.2. The van der Waals surface area contributed by atoms with Crippen LogP contribution in [0.5, 0.6) is 0 Å². The van der Waals surface area contributed by atoms with Crippen LogP contribution in [0.2, 0.25) is 0 Å². The first-order valence-corrected chi connectivity index (χ1v) is 11.0. The molecular weight excluding hydrogens is 352 g/mol. The fourth-order valence-electron chi connectivity index (χ4n) is 4.49. The molecule has 0 amide bonds. The lowest BCUT2D eigenvalue weighted by Gasteiger charge is -2.23. The fraction of sp³-hybridized carbons (Fsp3) is 0.556. The highest BCUT2D eigenvalue weighted by molar-refractivity contribution is 7.89. The Morgan fingerprint density at radius 3 is 2.65 bits per heavy atom. The van der Waals surface area contributed by atoms with Crippen LogP contribution in [0.3, 0.4) is 0 Å². The van der Waals surface area contributed by atoms with Crippen molar-refractivity contribution in [3.63, 3.8) is 0 Å². The highest BCUT2D eigenvalue weighted by Gasteiger charge is 2.34. The minimum atomic E-state index is -3.40. The van der Waals surface area contributed by atoms with Gasteiger partial charge in [-0.3, -0.25) is 4.79 Å². The molecule has 140 valence electrons. The van der Waals surface area contributed by atoms with Gasteiger partial charge >= 0.3 is 0 Å². The van der Waals surface area contributed by atoms with Crippen LogP contribution in [0.25, 0.3) is 0 Å². The maximum absolute atomic E-state index is 13.2. The average molecular weight is 376 g/mol. The molecule has 0 bridgehead atoms. The number of carbonyl (C=O) groups is 1. The van der Waals surface area contributed by atoms with Gasteiger partial charge in [0.2, 0.25) is 10.0 Å². The third-order valence-corrected chi connectivity index (χ3v) is 6.75. The molecule has 26 heavy (non-hydrogen) atoms. The quantitative estimate of drug-likeness (QED) is 0.864. The number of rotatable bonds is 2. The van der Waals surface area contributed by atoms with Gasteiger partial charge in [-0.15, -0.1) is 0 Å². The lowest BCUT2D eigenvalue weighted by molar-refractivity contribution is 0.0854. The van der Waals surface area contributed by atoms with Crippen molar-refractivity contribution >= 4 is 21.7 Å². The Balaban J connectivity index is 1.78. The van der Waals surface area contributed by atoms with Crippen molar-refractivity contribution in [3.8, 4) is 0 Å². The van der Waals surface area contributed by atoms with Crippen molar-refractivity contribution in [1.29, 1.82) is 0 Å². The minimum absolute atomic E-state index is 0.150. The molecule has 2 aliphatic rings. The molecule has 7 nitrogen and oxygen atoms in total. The number of anilines is 1. The van der Waals surface area contributed by atoms with Gasteiger partial charge in [0.05, 0.1) is 17.9 Å². The second kappa shape index (κ2) is 5.97. The van der Waals surface area contributed by atoms with Gasteiger partial charge in [-0.25, -0.2) is 12.4 Å². The largest absolute Gasteiger partial charge is 0.383 e. The normalized spacial score (nSPS) is 19.8. The van der Waals surface area contributed by atoms with Crippen molar-refractivity contribution in [2.45, 2.75) is 57.8 Å². The Bertz CT molecular complexity index is 1000. The summed E-state index contributed by atoms with van der Waals surface area (Å²) in [4.78, 5) is 13.2. The Morgan fingerprint density at radius 1 is 1.23 bits per heavy atom. The smallest absolute Gasteiger partial charge is 0.256 e. The number of hydrogen-bond acceptors (Lipinski definition) is 5. The summed E-state index contributed by atoms with van der Waals surface area (Å²) in [5.41, 5.74) is 10.3. The Kier molecular flexibility index (Phi) is 3.98. The number of nitrogen functional groups attached to an aromatic ring is 1. The molecule has 0 radical (unpaired) electrons. The van der Waals surface area contributed by atoms with Gasteiger partial charge in [0.25, 0.3) is 5.91 Å². The number of carbonyl (C=O) groups excluding carboxylic acids is 1. The maximum atomic E-state index is 13.2. The van der Waals surface area contributed by atoms with Crippen LogP contribution in [0.1, 0.15) is 64.6 Å². The van der Waals surface area contributed by atoms with Crippen molar-refractivity contribution in [2.75, 3.05) is 12.0 Å². The first-order valence-electron chi connectivity index (χ1n) is 9.11. The van der Waals surface area contributed by atoms with Crippen LogP contribution < -0.4 is 5.73 Å². The lowest BCUT2D eigenvalue weighted by atomic mass is 9.86. The van der Waals surface area contributed by atoms with E-state index < -0.39 is 15.9 Å². The molecule has 8 heteroatoms. The fourth-order valence-corrected chi connectivity index (χ4v) is 5.66. The summed E-state index contributed by atoms with van der Waals surface area (Å²) in [6.07, 6.45) is 7.18. The summed E-state index contributed by atoms with van der Waals surface area (Å²) < 4.78 is 27.1. The van der Waals surface area contributed by atoms with Gasteiger partial charge in [0, 0.05) is 17.0 Å². The van der Waals surface area contributed by atoms with Gasteiger partial charge in [-0.05, 0) is 63.5 Å². The van der Waals surface area contributed by atoms with Gasteiger partial charge in [0.1, 0.15) is 5.82 Å². The Labute approximate surface area is 153 Å². The number of hydrogen-bond donors (Lipinski definition) is 1. The molecule has 2 heterocycles. The standard InChI is InChI=1S/C18H24N4O3S/c1-11-10-14-12(7-5-9-16(14)22(11)26(2,24)25)18(23)21-17(19)13-6-3-4-8-15(13)20-21/h10,12H,3-9,19H2,1-2H3. The van der Waals surface area contributed by atoms with Crippen molar-refractivity contribution in [2.24, 2.45) is 0 Å². The predicted molar refractivity (Wildman–Crippen MR) is 99.0 cm³/mol. The number of aryl methyl sites for hydroxylation is 2. The van der Waals surface area contributed by atoms with E-state index in [1.54, 1.807) is 6.92 Å². The van der Waals surface area contributed by atoms with Gasteiger partial charge in [-0.1, -0.05) is 0 Å². The zero-order chi connectivity index (χ0) is 18.6. The third-order valence-electron chi connectivity index (χ3n) is 5.58. The molecule has 2 aromatic heterocycles. The summed E-state index contributed by atoms with van der Waals surface area (Å²) in [6, 6.07) is 1.83. The van der Waals surface area contributed by atoms with Crippen LogP contribution in [0.15, 0.2) is 6.07 Å². The van der Waals surface area contributed by atoms with E-state index in [4.69, 9.17) is 5.73 Å². The van der Waals surface area contributed by atoms with Crippen molar-refractivity contribution in [3.05, 3.63) is 34.3 Å². The molecule has 0 saturated carbocycles. The second-order valence-corrected chi connectivity index (χ2v) is 9.26. The molecule has 1 atom stereocenters. The van der Waals surface area contributed by atoms with Crippen molar-refractivity contribution in [1.82, 2.24) is 13.8 Å². The summed E-state index contributed by atoms with van der Waals surface area (Å²) in [7, 11) is -3.40. The molecular formula is C18H24N4O3S. The third kappa shape index (κ3) is 2.58. The van der Waals surface area contributed by atoms with E-state index in [2.05, 4.69) is 5.10 Å². The van der Waals surface area contributed by atoms with Crippen LogP contribution >= 0.6 is 0 Å². The predicted octanol–water partition coefficient (Wildman–Crippen LogP) is 2.02. The van der Waals surface area contributed by atoms with E-state index in [0.29, 0.717) is 24.4 Å². The summed E-state index contributed by atoms with van der Waals surface area (Å²) in [6.45, 7) is 1.77. The van der Waals surface area contributed by atoms with E-state index >= 15 is 0 Å². The lowest BCUT2D eigenvalue weighted by Crippen LogP contribution is -2.27. The van der Waals surface area contributed by atoms with Gasteiger partial charge in [0.15, 0.2) is 0 Å². The highest BCUT2D eigenvalue weighted by Crippen LogP contribution is 2.37. The zero-order valence-corrected chi connectivity index (χ0v) is 16.0. The van der Waals surface area contributed by atoms with Crippen LogP contribution in [0, 0.1) is 6.92 Å². The number of aromatic nitrogens is 3. The molecule has 0 saturated heterocycles. The molecule has 2 aliphatic carbocycles. The van der Waals surface area contributed by atoms with E-state index in [0.717, 1.165) is 54.6 Å². The SMILES string of the molecule is Cc1cc2c(n1S(C)(=O)=O)CCCC2C(=O)n1nc2c(c1N)CCCC2. The summed E-state index contributed by atoms with van der Waals surface area (Å²) >= 11 is 0. The Hall–Kier alpha value is -2.09. The Morgan fingerprint density at radius 2 is 1.96 bits per heavy atom. The van der Waals surface area contributed by atoms with E-state index in [9.17, 15) is 13.2 Å². The molecule has 0 fully saturated rings. The summed E-state index contributed by atoms with van der Waals surface area (Å²) in [5, 5.41) is 4.49. The number of nitrogens with two attached hydrogens (primary N) is 1. The minimum Gasteiger partial charge on any atom is -0.383 e. The topological polar surface area (TPSA) is 100.0 Å². The summed E-state index contributed by atoms with van der Waals surface area (Å²) in [5.74, 6) is -0.0938. The average Bonchev–Trinajstić information content (AvgIpc) is 3.10. The highest BCUT2D eigenvalue weighted by atomic mass is 32.2. The molecule has 0 spiro atoms. The van der Waals surface area contributed by atoms with Crippen LogP contribution in [-0.4, -0.2) is 34.3 Å². The molecule has 1 unspecified atom stereocenters. The second-order valence-electron chi connectivity index (χ2n) is 7.43.